The van der Waals surface area contributed by atoms with Crippen LogP contribution in [0.1, 0.15) is 23.2 Å². The van der Waals surface area contributed by atoms with Gasteiger partial charge in [0.2, 0.25) is 5.91 Å². The van der Waals surface area contributed by atoms with Crippen molar-refractivity contribution >= 4 is 23.2 Å². The standard InChI is InChI=1S/C17H25N5O4/c1-18-17(24)12-4-5-14(15(10-12)22(25)26)19-13-6-8-21(9-7-13)11-16(23)20(2)3/h4-5,10,13,19H,6-9,11H2,1-3H3,(H,18,24). The summed E-state index contributed by atoms with van der Waals surface area (Å²) >= 11 is 0. The first-order chi connectivity index (χ1) is 12.3. The number of likely N-dealkylation sites (tertiary alicyclic amines) is 1. The normalized spacial score (nSPS) is 15.3. The summed E-state index contributed by atoms with van der Waals surface area (Å²) < 4.78 is 0. The van der Waals surface area contributed by atoms with E-state index < -0.39 is 4.92 Å². The molecule has 0 aromatic heterocycles. The zero-order valence-electron chi connectivity index (χ0n) is 15.3. The first-order valence-electron chi connectivity index (χ1n) is 8.51. The van der Waals surface area contributed by atoms with E-state index in [9.17, 15) is 19.7 Å². The second-order valence-electron chi connectivity index (χ2n) is 6.55. The molecule has 0 radical (unpaired) electrons. The van der Waals surface area contributed by atoms with Crippen LogP contribution in [0.4, 0.5) is 11.4 Å². The molecule has 2 rings (SSSR count). The third kappa shape index (κ3) is 4.92. The van der Waals surface area contributed by atoms with Crippen LogP contribution in [0, 0.1) is 10.1 Å². The average molecular weight is 363 g/mol. The van der Waals surface area contributed by atoms with Crippen molar-refractivity contribution in [3.8, 4) is 0 Å². The molecule has 0 spiro atoms. The van der Waals surface area contributed by atoms with Crippen LogP contribution in [0.3, 0.4) is 0 Å². The number of benzene rings is 1. The number of hydrogen-bond donors (Lipinski definition) is 2. The van der Waals surface area contributed by atoms with Crippen molar-refractivity contribution in [1.82, 2.24) is 15.1 Å². The van der Waals surface area contributed by atoms with Gasteiger partial charge in [-0.1, -0.05) is 0 Å². The summed E-state index contributed by atoms with van der Waals surface area (Å²) in [6, 6.07) is 4.51. The average Bonchev–Trinajstić information content (AvgIpc) is 2.62. The lowest BCUT2D eigenvalue weighted by Crippen LogP contribution is -2.44. The molecule has 9 nitrogen and oxygen atoms in total. The van der Waals surface area contributed by atoms with E-state index in [2.05, 4.69) is 15.5 Å². The first kappa shape index (κ1) is 19.6. The maximum atomic E-state index is 11.8. The molecule has 0 bridgehead atoms. The van der Waals surface area contributed by atoms with Crippen molar-refractivity contribution in [3.63, 3.8) is 0 Å². The highest BCUT2D eigenvalue weighted by Gasteiger charge is 2.24. The van der Waals surface area contributed by atoms with E-state index in [0.717, 1.165) is 25.9 Å². The van der Waals surface area contributed by atoms with E-state index in [0.29, 0.717) is 12.2 Å². The molecule has 26 heavy (non-hydrogen) atoms. The molecule has 1 saturated heterocycles. The fourth-order valence-corrected chi connectivity index (χ4v) is 2.88. The number of rotatable bonds is 6. The van der Waals surface area contributed by atoms with Crippen molar-refractivity contribution in [2.24, 2.45) is 0 Å². The van der Waals surface area contributed by atoms with Crippen molar-refractivity contribution in [2.45, 2.75) is 18.9 Å². The van der Waals surface area contributed by atoms with Gasteiger partial charge < -0.3 is 15.5 Å². The Balaban J connectivity index is 2.00. The Hall–Kier alpha value is -2.68. The van der Waals surface area contributed by atoms with Gasteiger partial charge in [0.25, 0.3) is 11.6 Å². The number of nitrogens with one attached hydrogen (secondary N) is 2. The number of nitro groups is 1. The molecule has 0 saturated carbocycles. The Labute approximate surface area is 152 Å². The molecule has 1 aliphatic heterocycles. The van der Waals surface area contributed by atoms with Gasteiger partial charge in [-0.05, 0) is 25.0 Å². The van der Waals surface area contributed by atoms with Crippen molar-refractivity contribution in [1.29, 1.82) is 0 Å². The zero-order chi connectivity index (χ0) is 19.3. The Morgan fingerprint density at radius 2 is 1.96 bits per heavy atom. The number of piperidine rings is 1. The SMILES string of the molecule is CNC(=O)c1ccc(NC2CCN(CC(=O)N(C)C)CC2)c([N+](=O)[O-])c1. The van der Waals surface area contributed by atoms with Gasteiger partial charge in [0.15, 0.2) is 0 Å². The van der Waals surface area contributed by atoms with Gasteiger partial charge in [-0.15, -0.1) is 0 Å². The summed E-state index contributed by atoms with van der Waals surface area (Å²) in [4.78, 5) is 38.0. The van der Waals surface area contributed by atoms with Crippen LogP contribution < -0.4 is 10.6 Å². The number of likely N-dealkylation sites (N-methyl/N-ethyl adjacent to an activating group) is 1. The third-order valence-corrected chi connectivity index (χ3v) is 4.49. The molecule has 0 aliphatic carbocycles. The van der Waals surface area contributed by atoms with Crippen LogP contribution in [-0.4, -0.2) is 73.4 Å². The largest absolute Gasteiger partial charge is 0.377 e. The molecule has 1 aliphatic rings. The fourth-order valence-electron chi connectivity index (χ4n) is 2.88. The molecule has 2 N–H and O–H groups in total. The van der Waals surface area contributed by atoms with E-state index in [-0.39, 0.29) is 29.1 Å². The quantitative estimate of drug-likeness (QED) is 0.575. The topological polar surface area (TPSA) is 108 Å². The minimum absolute atomic E-state index is 0.0665. The Morgan fingerprint density at radius 3 is 2.50 bits per heavy atom. The molecular formula is C17H25N5O4. The second-order valence-corrected chi connectivity index (χ2v) is 6.55. The summed E-state index contributed by atoms with van der Waals surface area (Å²) in [5, 5.41) is 17.0. The van der Waals surface area contributed by atoms with E-state index in [1.54, 1.807) is 31.1 Å². The van der Waals surface area contributed by atoms with Crippen molar-refractivity contribution < 1.29 is 14.5 Å². The van der Waals surface area contributed by atoms with Crippen LogP contribution in [0.25, 0.3) is 0 Å². The lowest BCUT2D eigenvalue weighted by Gasteiger charge is -2.32. The smallest absolute Gasteiger partial charge is 0.293 e. The Morgan fingerprint density at radius 1 is 1.31 bits per heavy atom. The first-order valence-corrected chi connectivity index (χ1v) is 8.51. The van der Waals surface area contributed by atoms with E-state index in [1.165, 1.54) is 13.1 Å². The Kier molecular flexibility index (Phi) is 6.51. The zero-order valence-corrected chi connectivity index (χ0v) is 15.3. The minimum atomic E-state index is -0.486. The Bertz CT molecular complexity index is 684. The summed E-state index contributed by atoms with van der Waals surface area (Å²) in [6.07, 6.45) is 1.57. The molecule has 1 fully saturated rings. The minimum Gasteiger partial charge on any atom is -0.377 e. The molecule has 1 aromatic rings. The number of nitro benzene ring substituents is 1. The molecule has 9 heteroatoms. The number of amides is 2. The van der Waals surface area contributed by atoms with Crippen LogP contribution in [0.15, 0.2) is 18.2 Å². The third-order valence-electron chi connectivity index (χ3n) is 4.49. The lowest BCUT2D eigenvalue weighted by molar-refractivity contribution is -0.384. The van der Waals surface area contributed by atoms with Crippen molar-refractivity contribution in [2.75, 3.05) is 46.1 Å². The molecule has 0 atom stereocenters. The highest BCUT2D eigenvalue weighted by molar-refractivity contribution is 5.95. The maximum Gasteiger partial charge on any atom is 0.293 e. The van der Waals surface area contributed by atoms with E-state index >= 15 is 0 Å². The fraction of sp³-hybridized carbons (Fsp3) is 0.529. The van der Waals surface area contributed by atoms with Gasteiger partial charge in [-0.2, -0.15) is 0 Å². The highest BCUT2D eigenvalue weighted by Crippen LogP contribution is 2.28. The summed E-state index contributed by atoms with van der Waals surface area (Å²) in [5.41, 5.74) is 0.545. The van der Waals surface area contributed by atoms with E-state index in [4.69, 9.17) is 0 Å². The molecule has 142 valence electrons. The lowest BCUT2D eigenvalue weighted by atomic mass is 10.0. The maximum absolute atomic E-state index is 11.8. The number of anilines is 1. The van der Waals surface area contributed by atoms with Crippen LogP contribution in [-0.2, 0) is 4.79 Å². The number of carbonyl (C=O) groups is 2. The van der Waals surface area contributed by atoms with Gasteiger partial charge in [-0.25, -0.2) is 0 Å². The number of hydrogen-bond acceptors (Lipinski definition) is 6. The monoisotopic (exact) mass is 363 g/mol. The molecule has 0 unspecified atom stereocenters. The summed E-state index contributed by atoms with van der Waals surface area (Å²) in [6.45, 7) is 1.89. The van der Waals surface area contributed by atoms with Gasteiger partial charge in [0.1, 0.15) is 5.69 Å². The molecule has 1 heterocycles. The predicted octanol–water partition coefficient (Wildman–Crippen LogP) is 0.919. The van der Waals surface area contributed by atoms with Crippen molar-refractivity contribution in [3.05, 3.63) is 33.9 Å². The molecule has 2 amide bonds. The van der Waals surface area contributed by atoms with E-state index in [1.807, 2.05) is 0 Å². The summed E-state index contributed by atoms with van der Waals surface area (Å²) in [7, 11) is 4.95. The predicted molar refractivity (Wildman–Crippen MR) is 98.3 cm³/mol. The van der Waals surface area contributed by atoms with Crippen LogP contribution in [0.5, 0.6) is 0 Å². The van der Waals surface area contributed by atoms with Crippen LogP contribution >= 0.6 is 0 Å². The molecule has 1 aromatic carbocycles. The highest BCUT2D eigenvalue weighted by atomic mass is 16.6. The number of nitrogens with zero attached hydrogens (tertiary/aromatic N) is 3. The van der Waals surface area contributed by atoms with Gasteiger partial charge in [-0.3, -0.25) is 24.6 Å². The summed E-state index contributed by atoms with van der Waals surface area (Å²) in [5.74, 6) is -0.296. The molecular weight excluding hydrogens is 338 g/mol. The second kappa shape index (κ2) is 8.61. The number of carbonyl (C=O) groups excluding carboxylic acids is 2. The van der Waals surface area contributed by atoms with Gasteiger partial charge in [0, 0.05) is 51.9 Å². The van der Waals surface area contributed by atoms with Gasteiger partial charge in [0.05, 0.1) is 11.5 Å². The van der Waals surface area contributed by atoms with Crippen LogP contribution in [0.2, 0.25) is 0 Å². The van der Waals surface area contributed by atoms with Gasteiger partial charge >= 0.3 is 0 Å².